The molecule has 0 fully saturated rings. The van der Waals surface area contributed by atoms with Gasteiger partial charge in [0.2, 0.25) is 5.88 Å². The van der Waals surface area contributed by atoms with Crippen molar-refractivity contribution in [3.8, 4) is 5.88 Å². The van der Waals surface area contributed by atoms with Crippen LogP contribution in [0.15, 0.2) is 18.3 Å². The fraction of sp³-hybridized carbons (Fsp3) is 0.444. The molecule has 3 nitrogen and oxygen atoms in total. The van der Waals surface area contributed by atoms with Gasteiger partial charge in [0.15, 0.2) is 0 Å². The molecule has 12 heavy (non-hydrogen) atoms. The molecule has 2 heterocycles. The third-order valence-electron chi connectivity index (χ3n) is 2.00. The van der Waals surface area contributed by atoms with Gasteiger partial charge >= 0.3 is 0 Å². The molecule has 0 spiro atoms. The van der Waals surface area contributed by atoms with Gasteiger partial charge in [0, 0.05) is 24.8 Å². The maximum atomic E-state index is 5.47. The molecule has 0 bridgehead atoms. The molecule has 1 aromatic rings. The van der Waals surface area contributed by atoms with Crippen LogP contribution < -0.4 is 4.74 Å². The quantitative estimate of drug-likeness (QED) is 0.569. The van der Waals surface area contributed by atoms with Crippen molar-refractivity contribution in [2.75, 3.05) is 20.2 Å². The first-order valence-corrected chi connectivity index (χ1v) is 4.11. The van der Waals surface area contributed by atoms with Crippen LogP contribution in [0, 0.1) is 0 Å². The Kier molecular flexibility index (Phi) is 1.96. The summed E-state index contributed by atoms with van der Waals surface area (Å²) in [6.07, 6.45) is 1.77. The fourth-order valence-electron chi connectivity index (χ4n) is 1.34. The number of rotatable bonds is 0. The number of hydrogen-bond acceptors (Lipinski definition) is 3. The minimum Gasteiger partial charge on any atom is -0.476 e. The summed E-state index contributed by atoms with van der Waals surface area (Å²) in [5, 5.41) is 0. The number of likely N-dealkylation sites (N-methyl/N-ethyl adjacent to an activating group) is 1. The van der Waals surface area contributed by atoms with Crippen molar-refractivity contribution < 1.29 is 4.74 Å². The third kappa shape index (κ3) is 1.41. The molecule has 0 unspecified atom stereocenters. The monoisotopic (exact) mass is 164 g/mol. The van der Waals surface area contributed by atoms with Gasteiger partial charge in [-0.05, 0) is 13.1 Å². The third-order valence-corrected chi connectivity index (χ3v) is 2.00. The molecule has 0 aromatic carbocycles. The minimum absolute atomic E-state index is 0.737. The molecule has 0 aliphatic carbocycles. The molecule has 0 N–H and O–H groups in total. The lowest BCUT2D eigenvalue weighted by Gasteiger charge is -2.10. The predicted molar refractivity (Wildman–Crippen MR) is 46.1 cm³/mol. The van der Waals surface area contributed by atoms with Gasteiger partial charge in [-0.15, -0.1) is 0 Å². The Morgan fingerprint density at radius 2 is 2.50 bits per heavy atom. The highest BCUT2D eigenvalue weighted by atomic mass is 16.5. The van der Waals surface area contributed by atoms with Crippen LogP contribution in [0.4, 0.5) is 0 Å². The summed E-state index contributed by atoms with van der Waals surface area (Å²) in [5.41, 5.74) is 1.18. The maximum Gasteiger partial charge on any atom is 0.217 e. The van der Waals surface area contributed by atoms with E-state index in [-0.39, 0.29) is 0 Å². The van der Waals surface area contributed by atoms with Crippen molar-refractivity contribution in [1.29, 1.82) is 0 Å². The number of fused-ring (bicyclic) bond motifs is 1. The standard InChI is InChI=1S/C9H12N2O/c1-11-5-6-12-9-8(7-11)3-2-4-10-9/h2-4H,5-7H2,1H3. The number of hydrogen-bond donors (Lipinski definition) is 0. The van der Waals surface area contributed by atoms with E-state index in [4.69, 9.17) is 4.74 Å². The zero-order chi connectivity index (χ0) is 8.39. The minimum atomic E-state index is 0.737. The topological polar surface area (TPSA) is 25.4 Å². The Labute approximate surface area is 72.0 Å². The lowest BCUT2D eigenvalue weighted by Crippen LogP contribution is -2.20. The van der Waals surface area contributed by atoms with Gasteiger partial charge in [-0.1, -0.05) is 6.07 Å². The fourth-order valence-corrected chi connectivity index (χ4v) is 1.34. The molecule has 3 heteroatoms. The van der Waals surface area contributed by atoms with E-state index in [0.29, 0.717) is 0 Å². The summed E-state index contributed by atoms with van der Waals surface area (Å²) in [7, 11) is 2.09. The summed E-state index contributed by atoms with van der Waals surface area (Å²) in [5.74, 6) is 0.793. The lowest BCUT2D eigenvalue weighted by molar-refractivity contribution is 0.254. The predicted octanol–water partition coefficient (Wildman–Crippen LogP) is 0.906. The van der Waals surface area contributed by atoms with E-state index in [0.717, 1.165) is 25.6 Å². The summed E-state index contributed by atoms with van der Waals surface area (Å²) >= 11 is 0. The SMILES string of the molecule is CN1CCOc2ncccc2C1. The summed E-state index contributed by atoms with van der Waals surface area (Å²) in [4.78, 5) is 6.39. The zero-order valence-corrected chi connectivity index (χ0v) is 7.16. The van der Waals surface area contributed by atoms with E-state index in [9.17, 15) is 0 Å². The first-order chi connectivity index (χ1) is 5.86. The van der Waals surface area contributed by atoms with Crippen molar-refractivity contribution in [3.05, 3.63) is 23.9 Å². The first-order valence-electron chi connectivity index (χ1n) is 4.11. The Hall–Kier alpha value is -1.09. The molecule has 64 valence electrons. The lowest BCUT2D eigenvalue weighted by atomic mass is 10.2. The molecule has 1 aliphatic rings. The van der Waals surface area contributed by atoms with Crippen LogP contribution in [-0.2, 0) is 6.54 Å². The molecular weight excluding hydrogens is 152 g/mol. The van der Waals surface area contributed by atoms with Gasteiger partial charge in [-0.2, -0.15) is 0 Å². The normalized spacial score (nSPS) is 17.8. The second-order valence-corrected chi connectivity index (χ2v) is 3.05. The molecule has 1 aliphatic heterocycles. The van der Waals surface area contributed by atoms with Crippen molar-refractivity contribution >= 4 is 0 Å². The largest absolute Gasteiger partial charge is 0.476 e. The highest BCUT2D eigenvalue weighted by molar-refractivity contribution is 5.25. The second kappa shape index (κ2) is 3.11. The van der Waals surface area contributed by atoms with Crippen molar-refractivity contribution in [3.63, 3.8) is 0 Å². The molecule has 2 rings (SSSR count). The summed E-state index contributed by atoms with van der Waals surface area (Å²) in [6.45, 7) is 2.64. The van der Waals surface area contributed by atoms with E-state index in [1.54, 1.807) is 6.20 Å². The second-order valence-electron chi connectivity index (χ2n) is 3.05. The molecule has 0 radical (unpaired) electrons. The molecule has 1 aromatic heterocycles. The van der Waals surface area contributed by atoms with Crippen LogP contribution in [0.5, 0.6) is 5.88 Å². The van der Waals surface area contributed by atoms with E-state index in [1.807, 2.05) is 6.07 Å². The summed E-state index contributed by atoms with van der Waals surface area (Å²) < 4.78 is 5.47. The van der Waals surface area contributed by atoms with Crippen molar-refractivity contribution in [2.24, 2.45) is 0 Å². The van der Waals surface area contributed by atoms with Gasteiger partial charge in [0.1, 0.15) is 6.61 Å². The smallest absolute Gasteiger partial charge is 0.217 e. The maximum absolute atomic E-state index is 5.47. The van der Waals surface area contributed by atoms with Gasteiger partial charge in [0.05, 0.1) is 0 Å². The highest BCUT2D eigenvalue weighted by Crippen LogP contribution is 2.18. The van der Waals surface area contributed by atoms with Gasteiger partial charge < -0.3 is 4.74 Å². The molecular formula is C9H12N2O. The van der Waals surface area contributed by atoms with Crippen LogP contribution in [0.1, 0.15) is 5.56 Å². The van der Waals surface area contributed by atoms with E-state index < -0.39 is 0 Å². The number of pyridine rings is 1. The first kappa shape index (κ1) is 7.55. The van der Waals surface area contributed by atoms with Gasteiger partial charge in [0.25, 0.3) is 0 Å². The Morgan fingerprint density at radius 3 is 3.42 bits per heavy atom. The molecule has 0 saturated carbocycles. The molecule has 0 amide bonds. The van der Waals surface area contributed by atoms with Crippen molar-refractivity contribution in [2.45, 2.75) is 6.54 Å². The van der Waals surface area contributed by atoms with Gasteiger partial charge in [-0.25, -0.2) is 4.98 Å². The van der Waals surface area contributed by atoms with Crippen LogP contribution in [0.25, 0.3) is 0 Å². The van der Waals surface area contributed by atoms with Crippen LogP contribution >= 0.6 is 0 Å². The Bertz CT molecular complexity index is 275. The van der Waals surface area contributed by atoms with E-state index in [1.165, 1.54) is 5.56 Å². The zero-order valence-electron chi connectivity index (χ0n) is 7.16. The van der Waals surface area contributed by atoms with Crippen molar-refractivity contribution in [1.82, 2.24) is 9.88 Å². The van der Waals surface area contributed by atoms with Crippen LogP contribution in [0.2, 0.25) is 0 Å². The average Bonchev–Trinajstić information content (AvgIpc) is 2.25. The summed E-state index contributed by atoms with van der Waals surface area (Å²) in [6, 6.07) is 4.01. The number of ether oxygens (including phenoxy) is 1. The Balaban J connectivity index is 2.31. The molecule has 0 atom stereocenters. The molecule has 0 saturated heterocycles. The van der Waals surface area contributed by atoms with Crippen LogP contribution in [-0.4, -0.2) is 30.1 Å². The number of aromatic nitrogens is 1. The van der Waals surface area contributed by atoms with Gasteiger partial charge in [-0.3, -0.25) is 4.90 Å². The average molecular weight is 164 g/mol. The van der Waals surface area contributed by atoms with E-state index in [2.05, 4.69) is 23.0 Å². The van der Waals surface area contributed by atoms with E-state index >= 15 is 0 Å². The van der Waals surface area contributed by atoms with Crippen LogP contribution in [0.3, 0.4) is 0 Å². The Morgan fingerprint density at radius 1 is 1.58 bits per heavy atom. The highest BCUT2D eigenvalue weighted by Gasteiger charge is 2.11. The number of nitrogens with zero attached hydrogens (tertiary/aromatic N) is 2.